The molecule has 4 heteroatoms. The van der Waals surface area contributed by atoms with Gasteiger partial charge in [0.25, 0.3) is 0 Å². The number of aromatic nitrogens is 1. The molecular formula is C11H9BrClNO. The Balaban J connectivity index is 2.59. The van der Waals surface area contributed by atoms with Crippen LogP contribution in [0.15, 0.2) is 24.4 Å². The number of nitrogens with one attached hydrogen (secondary N) is 1. The Hall–Kier alpha value is -0.800. The largest absolute Gasteiger partial charge is 0.360 e. The zero-order valence-corrected chi connectivity index (χ0v) is 10.4. The average Bonchev–Trinajstić information content (AvgIpc) is 2.59. The highest BCUT2D eigenvalue weighted by molar-refractivity contribution is 9.10. The molecule has 78 valence electrons. The SMILES string of the molecule is CC(Br)C(=O)c1c[nH]c2cc(Cl)ccc12. The second-order valence-electron chi connectivity index (χ2n) is 3.37. The molecule has 0 saturated heterocycles. The molecule has 1 N–H and O–H groups in total. The highest BCUT2D eigenvalue weighted by atomic mass is 79.9. The van der Waals surface area contributed by atoms with E-state index in [9.17, 15) is 4.79 Å². The maximum Gasteiger partial charge on any atom is 0.178 e. The summed E-state index contributed by atoms with van der Waals surface area (Å²) in [6.07, 6.45) is 1.72. The molecule has 0 aliphatic rings. The van der Waals surface area contributed by atoms with Gasteiger partial charge in [0.2, 0.25) is 0 Å². The van der Waals surface area contributed by atoms with Crippen LogP contribution in [0.1, 0.15) is 17.3 Å². The topological polar surface area (TPSA) is 32.9 Å². The number of alkyl halides is 1. The zero-order valence-electron chi connectivity index (χ0n) is 8.05. The number of Topliss-reactive ketones (excluding diaryl/α,β-unsaturated/α-hetero) is 1. The number of ketones is 1. The lowest BCUT2D eigenvalue weighted by atomic mass is 10.1. The second kappa shape index (κ2) is 3.99. The van der Waals surface area contributed by atoms with E-state index in [1.54, 1.807) is 12.3 Å². The summed E-state index contributed by atoms with van der Waals surface area (Å²) < 4.78 is 0. The van der Waals surface area contributed by atoms with Crippen LogP contribution in [0.25, 0.3) is 10.9 Å². The first-order chi connectivity index (χ1) is 7.09. The third-order valence-corrected chi connectivity index (χ3v) is 2.92. The van der Waals surface area contributed by atoms with Crippen molar-refractivity contribution in [1.82, 2.24) is 4.98 Å². The number of hydrogen-bond acceptors (Lipinski definition) is 1. The fourth-order valence-corrected chi connectivity index (χ4v) is 1.94. The predicted octanol–water partition coefficient (Wildman–Crippen LogP) is 3.79. The Morgan fingerprint density at radius 2 is 2.27 bits per heavy atom. The first-order valence-electron chi connectivity index (χ1n) is 4.54. The van der Waals surface area contributed by atoms with Crippen molar-refractivity contribution >= 4 is 44.2 Å². The van der Waals surface area contributed by atoms with Gasteiger partial charge >= 0.3 is 0 Å². The zero-order chi connectivity index (χ0) is 11.0. The van der Waals surface area contributed by atoms with E-state index in [1.807, 2.05) is 19.1 Å². The van der Waals surface area contributed by atoms with E-state index < -0.39 is 0 Å². The van der Waals surface area contributed by atoms with Crippen LogP contribution in [0.4, 0.5) is 0 Å². The summed E-state index contributed by atoms with van der Waals surface area (Å²) in [5, 5.41) is 1.57. The fraction of sp³-hybridized carbons (Fsp3) is 0.182. The molecule has 0 bridgehead atoms. The van der Waals surface area contributed by atoms with Crippen LogP contribution < -0.4 is 0 Å². The highest BCUT2D eigenvalue weighted by Gasteiger charge is 2.16. The lowest BCUT2D eigenvalue weighted by Crippen LogP contribution is -2.08. The van der Waals surface area contributed by atoms with Gasteiger partial charge in [-0.1, -0.05) is 33.6 Å². The Morgan fingerprint density at radius 3 is 2.93 bits per heavy atom. The molecule has 2 rings (SSSR count). The van der Waals surface area contributed by atoms with Gasteiger partial charge in [0, 0.05) is 27.7 Å². The van der Waals surface area contributed by atoms with Crippen molar-refractivity contribution < 1.29 is 4.79 Å². The number of benzene rings is 1. The van der Waals surface area contributed by atoms with E-state index >= 15 is 0 Å². The van der Waals surface area contributed by atoms with Crippen LogP contribution in [0.2, 0.25) is 5.02 Å². The van der Waals surface area contributed by atoms with Crippen LogP contribution in [-0.4, -0.2) is 15.6 Å². The third kappa shape index (κ3) is 1.94. The van der Waals surface area contributed by atoms with Crippen molar-refractivity contribution in [3.05, 3.63) is 35.0 Å². The summed E-state index contributed by atoms with van der Waals surface area (Å²) >= 11 is 9.13. The Labute approximate surface area is 101 Å². The molecule has 2 nitrogen and oxygen atoms in total. The van der Waals surface area contributed by atoms with Crippen LogP contribution in [0, 0.1) is 0 Å². The first-order valence-corrected chi connectivity index (χ1v) is 5.84. The molecule has 1 unspecified atom stereocenters. The van der Waals surface area contributed by atoms with Gasteiger partial charge in [0.05, 0.1) is 4.83 Å². The second-order valence-corrected chi connectivity index (χ2v) is 5.18. The Morgan fingerprint density at radius 1 is 1.53 bits per heavy atom. The molecule has 0 fully saturated rings. The van der Waals surface area contributed by atoms with Gasteiger partial charge in [-0.2, -0.15) is 0 Å². The van der Waals surface area contributed by atoms with Gasteiger partial charge in [-0.15, -0.1) is 0 Å². The number of H-pyrrole nitrogens is 1. The van der Waals surface area contributed by atoms with Gasteiger partial charge in [0.15, 0.2) is 5.78 Å². The van der Waals surface area contributed by atoms with E-state index in [0.717, 1.165) is 10.9 Å². The van der Waals surface area contributed by atoms with Crippen LogP contribution in [0.5, 0.6) is 0 Å². The minimum absolute atomic E-state index is 0.0728. The predicted molar refractivity (Wildman–Crippen MR) is 66.0 cm³/mol. The van der Waals surface area contributed by atoms with Gasteiger partial charge < -0.3 is 4.98 Å². The number of fused-ring (bicyclic) bond motifs is 1. The molecule has 0 radical (unpaired) electrons. The quantitative estimate of drug-likeness (QED) is 0.661. The molecule has 15 heavy (non-hydrogen) atoms. The number of hydrogen-bond donors (Lipinski definition) is 1. The smallest absolute Gasteiger partial charge is 0.178 e. The Kier molecular flexibility index (Phi) is 2.85. The molecule has 0 saturated carbocycles. The van der Waals surface area contributed by atoms with E-state index in [4.69, 9.17) is 11.6 Å². The van der Waals surface area contributed by atoms with Crippen LogP contribution in [0.3, 0.4) is 0 Å². The van der Waals surface area contributed by atoms with Crippen molar-refractivity contribution in [2.45, 2.75) is 11.8 Å². The van der Waals surface area contributed by atoms with Crippen molar-refractivity contribution in [2.24, 2.45) is 0 Å². The van der Waals surface area contributed by atoms with Crippen LogP contribution >= 0.6 is 27.5 Å². The fourth-order valence-electron chi connectivity index (χ4n) is 1.52. The summed E-state index contributed by atoms with van der Waals surface area (Å²) in [6, 6.07) is 5.46. The molecule has 0 aliphatic carbocycles. The monoisotopic (exact) mass is 285 g/mol. The maximum absolute atomic E-state index is 11.8. The molecule has 1 heterocycles. The van der Waals surface area contributed by atoms with Gasteiger partial charge in [-0.3, -0.25) is 4.79 Å². The molecule has 0 spiro atoms. The van der Waals surface area contributed by atoms with E-state index in [2.05, 4.69) is 20.9 Å². The highest BCUT2D eigenvalue weighted by Crippen LogP contribution is 2.24. The lowest BCUT2D eigenvalue weighted by molar-refractivity contribution is 0.0997. The van der Waals surface area contributed by atoms with Gasteiger partial charge in [0.1, 0.15) is 0 Å². The van der Waals surface area contributed by atoms with E-state index in [0.29, 0.717) is 10.6 Å². The van der Waals surface area contributed by atoms with E-state index in [-0.39, 0.29) is 10.6 Å². The summed E-state index contributed by atoms with van der Waals surface area (Å²) in [7, 11) is 0. The van der Waals surface area contributed by atoms with E-state index in [1.165, 1.54) is 0 Å². The molecule has 0 amide bonds. The van der Waals surface area contributed by atoms with Gasteiger partial charge in [-0.05, 0) is 19.1 Å². The maximum atomic E-state index is 11.8. The molecule has 2 aromatic rings. The van der Waals surface area contributed by atoms with Crippen molar-refractivity contribution in [3.8, 4) is 0 Å². The molecule has 1 aromatic carbocycles. The minimum Gasteiger partial charge on any atom is -0.360 e. The normalized spacial score (nSPS) is 13.0. The number of halogens is 2. The minimum atomic E-state index is -0.174. The number of rotatable bonds is 2. The molecule has 1 atom stereocenters. The van der Waals surface area contributed by atoms with Gasteiger partial charge in [-0.25, -0.2) is 0 Å². The lowest BCUT2D eigenvalue weighted by Gasteiger charge is -2.00. The summed E-state index contributed by atoms with van der Waals surface area (Å²) in [6.45, 7) is 1.82. The summed E-state index contributed by atoms with van der Waals surface area (Å²) in [5.74, 6) is 0.0728. The standard InChI is InChI=1S/C11H9BrClNO/c1-6(12)11(15)9-5-14-10-4-7(13)2-3-8(9)10/h2-6,14H,1H3. The summed E-state index contributed by atoms with van der Waals surface area (Å²) in [5.41, 5.74) is 1.59. The van der Waals surface area contributed by atoms with Crippen molar-refractivity contribution in [1.29, 1.82) is 0 Å². The molecule has 0 aliphatic heterocycles. The Bertz CT molecular complexity index is 518. The third-order valence-electron chi connectivity index (χ3n) is 2.27. The molecular weight excluding hydrogens is 277 g/mol. The summed E-state index contributed by atoms with van der Waals surface area (Å²) in [4.78, 5) is 14.7. The first kappa shape index (κ1) is 10.7. The number of aromatic amines is 1. The average molecular weight is 287 g/mol. The molecule has 1 aromatic heterocycles. The number of carbonyl (C=O) groups excluding carboxylic acids is 1. The number of carbonyl (C=O) groups is 1. The van der Waals surface area contributed by atoms with Crippen LogP contribution in [-0.2, 0) is 0 Å². The van der Waals surface area contributed by atoms with Crippen molar-refractivity contribution in [2.75, 3.05) is 0 Å². The van der Waals surface area contributed by atoms with Crippen molar-refractivity contribution in [3.63, 3.8) is 0 Å².